The Hall–Kier alpha value is 2.37. The zero-order chi connectivity index (χ0) is 17.6. The van der Waals surface area contributed by atoms with E-state index >= 15 is 0 Å². The van der Waals surface area contributed by atoms with E-state index in [4.69, 9.17) is 116 Å². The molecule has 20 heavy (non-hydrogen) atoms. The van der Waals surface area contributed by atoms with Crippen molar-refractivity contribution < 1.29 is 4.79 Å². The van der Waals surface area contributed by atoms with Gasteiger partial charge in [-0.1, -0.05) is 23.2 Å². The van der Waals surface area contributed by atoms with E-state index in [9.17, 15) is 4.79 Å². The molecule has 1 amide bonds. The second kappa shape index (κ2) is 37.5. The Kier molecular flexibility index (Phi) is 63.5. The van der Waals surface area contributed by atoms with E-state index in [0.717, 1.165) is 0 Å². The molecule has 0 aromatic rings. The molecule has 0 aliphatic carbocycles. The third kappa shape index (κ3) is 71.1. The molecule has 2 nitrogen and oxygen atoms in total. The van der Waals surface area contributed by atoms with E-state index in [1.165, 1.54) is 4.90 Å². The van der Waals surface area contributed by atoms with Gasteiger partial charge in [-0.05, 0) is 0 Å². The van der Waals surface area contributed by atoms with E-state index < -0.39 is 4.84 Å². The lowest BCUT2D eigenvalue weighted by Gasteiger charge is -2.08. The van der Waals surface area contributed by atoms with Gasteiger partial charge in [-0.2, -0.15) is 0 Å². The molecule has 0 heterocycles. The Morgan fingerprint density at radius 3 is 0.900 bits per heavy atom. The number of amides is 1. The van der Waals surface area contributed by atoms with Crippen LogP contribution in [0.25, 0.3) is 0 Å². The number of rotatable bonds is 1. The first-order chi connectivity index (χ1) is 9.21. The van der Waals surface area contributed by atoms with Gasteiger partial charge in [0.2, 0.25) is 0 Å². The van der Waals surface area contributed by atoms with E-state index in [-0.39, 0.29) is 27.3 Å². The highest BCUT2D eigenvalue weighted by atomic mass is 35.5. The molecule has 0 unspecified atom stereocenters. The van der Waals surface area contributed by atoms with Crippen molar-refractivity contribution in [2.24, 2.45) is 0 Å². The fraction of sp³-hybridized carbons (Fsp3) is 0.875. The molecular weight excluding hydrogens is 481 g/mol. The first kappa shape index (κ1) is 33.9. The molecule has 0 radical (unpaired) electrons. The average molecular weight is 496 g/mol. The van der Waals surface area contributed by atoms with E-state index in [1.807, 2.05) is 0 Å². The second-order valence-corrected chi connectivity index (χ2v) is 6.27. The molecule has 0 N–H and O–H groups in total. The van der Waals surface area contributed by atoms with E-state index in [1.54, 1.807) is 14.1 Å². The van der Waals surface area contributed by atoms with Crippen molar-refractivity contribution >= 4 is 122 Å². The van der Waals surface area contributed by atoms with E-state index in [0.29, 0.717) is 0 Å². The van der Waals surface area contributed by atoms with Gasteiger partial charge in [0.1, 0.15) is 0 Å². The predicted octanol–water partition coefficient (Wildman–Crippen LogP) is 6.56. The molecule has 128 valence electrons. The number of carbonyl (C=O) groups excluding carboxylic acids is 1. The number of hydrogen-bond acceptors (Lipinski definition) is 1. The maximum atomic E-state index is 10.5. The highest BCUT2D eigenvalue weighted by molar-refractivity contribution is 6.53. The predicted molar refractivity (Wildman–Crippen MR) is 100 cm³/mol. The van der Waals surface area contributed by atoms with Crippen LogP contribution in [0.2, 0.25) is 0 Å². The topological polar surface area (TPSA) is 20.3 Å². The van der Waals surface area contributed by atoms with Gasteiger partial charge in [0.05, 0.1) is 21.4 Å². The lowest BCUT2D eigenvalue weighted by molar-refractivity contribution is -0.126. The van der Waals surface area contributed by atoms with Gasteiger partial charge in [-0.25, -0.2) is 0 Å². The third-order valence-corrected chi connectivity index (χ3v) is 1.00. The van der Waals surface area contributed by atoms with Gasteiger partial charge in [0.15, 0.2) is 4.84 Å². The molecule has 0 aliphatic heterocycles. The van der Waals surface area contributed by atoms with Gasteiger partial charge in [-0.15, -0.1) is 92.8 Å². The summed E-state index contributed by atoms with van der Waals surface area (Å²) in [5, 5.41) is 0.778. The SMILES string of the molecule is CN(C)C(=O)C(Cl)Cl.ClCCl.ClCCl.ClCCl.ClCCl. The molecule has 12 heteroatoms. The summed E-state index contributed by atoms with van der Waals surface area (Å²) in [6.45, 7) is 0. The van der Waals surface area contributed by atoms with Gasteiger partial charge < -0.3 is 4.90 Å². The van der Waals surface area contributed by atoms with Crippen LogP contribution in [0.1, 0.15) is 0 Å². The summed E-state index contributed by atoms with van der Waals surface area (Å²) in [4.78, 5) is 10.9. The van der Waals surface area contributed by atoms with Crippen LogP contribution in [-0.4, -0.2) is 51.1 Å². The molecule has 0 aromatic heterocycles. The summed E-state index contributed by atoms with van der Waals surface area (Å²) in [6.07, 6.45) is 0. The molecular formula is C8H15Cl10NO. The van der Waals surface area contributed by atoms with Gasteiger partial charge in [0, 0.05) is 14.1 Å². The van der Waals surface area contributed by atoms with Crippen LogP contribution in [0.15, 0.2) is 0 Å². The highest BCUT2D eigenvalue weighted by Gasteiger charge is 2.11. The molecule has 0 rings (SSSR count). The summed E-state index contributed by atoms with van der Waals surface area (Å²) < 4.78 is 0. The van der Waals surface area contributed by atoms with Crippen molar-refractivity contribution in [1.82, 2.24) is 4.90 Å². The maximum absolute atomic E-state index is 10.5. The Morgan fingerprint density at radius 2 is 0.900 bits per heavy atom. The van der Waals surface area contributed by atoms with Crippen molar-refractivity contribution in [3.8, 4) is 0 Å². The van der Waals surface area contributed by atoms with Crippen LogP contribution < -0.4 is 0 Å². The monoisotopic (exact) mass is 491 g/mol. The molecule has 0 fully saturated rings. The first-order valence-electron chi connectivity index (χ1n) is 4.19. The lowest BCUT2D eigenvalue weighted by Crippen LogP contribution is -2.26. The average Bonchev–Trinajstić information content (AvgIpc) is 2.31. The van der Waals surface area contributed by atoms with Crippen molar-refractivity contribution in [2.45, 2.75) is 4.84 Å². The van der Waals surface area contributed by atoms with Crippen LogP contribution >= 0.6 is 116 Å². The van der Waals surface area contributed by atoms with Crippen molar-refractivity contribution in [2.75, 3.05) is 35.5 Å². The first-order valence-corrected chi connectivity index (χ1v) is 9.33. The fourth-order valence-corrected chi connectivity index (χ4v) is 0.586. The van der Waals surface area contributed by atoms with Crippen molar-refractivity contribution in [1.29, 1.82) is 0 Å². The molecule has 0 saturated carbocycles. The Morgan fingerprint density at radius 1 is 0.750 bits per heavy atom. The maximum Gasteiger partial charge on any atom is 0.255 e. The zero-order valence-corrected chi connectivity index (χ0v) is 18.1. The summed E-state index contributed by atoms with van der Waals surface area (Å²) in [6, 6.07) is 0. The summed E-state index contributed by atoms with van der Waals surface area (Å²) in [5.74, 6) is -0.284. The number of carbonyl (C=O) groups is 1. The molecule has 0 aromatic carbocycles. The minimum Gasteiger partial charge on any atom is -0.346 e. The summed E-state index contributed by atoms with van der Waals surface area (Å²) in [7, 11) is 3.19. The lowest BCUT2D eigenvalue weighted by atomic mass is 10.6. The van der Waals surface area contributed by atoms with Crippen LogP contribution in [0.3, 0.4) is 0 Å². The normalized spacial score (nSPS) is 7.45. The Bertz CT molecular complexity index is 131. The van der Waals surface area contributed by atoms with E-state index in [2.05, 4.69) is 0 Å². The fourth-order valence-electron chi connectivity index (χ4n) is 0.195. The molecule has 0 bridgehead atoms. The standard InChI is InChI=1S/C4H7Cl2NO.4CH2Cl2/c1-7(2)4(8)3(5)6;4*2-1-3/h3H,1-2H3;4*1H2. The third-order valence-electron chi connectivity index (χ3n) is 0.627. The van der Waals surface area contributed by atoms with Crippen molar-refractivity contribution in [3.63, 3.8) is 0 Å². The van der Waals surface area contributed by atoms with Crippen LogP contribution in [0.5, 0.6) is 0 Å². The number of halogens is 10. The number of nitrogens with zero attached hydrogens (tertiary/aromatic N) is 1. The molecule has 0 saturated heterocycles. The Labute approximate surface area is 170 Å². The minimum atomic E-state index is -0.926. The quantitative estimate of drug-likeness (QED) is 0.377. The molecule has 0 spiro atoms. The zero-order valence-electron chi connectivity index (χ0n) is 10.5. The Balaban J connectivity index is -0.0000000527. The molecule has 0 aliphatic rings. The number of alkyl halides is 10. The largest absolute Gasteiger partial charge is 0.346 e. The van der Waals surface area contributed by atoms with Crippen LogP contribution in [0, 0.1) is 0 Å². The van der Waals surface area contributed by atoms with Crippen LogP contribution in [-0.2, 0) is 4.79 Å². The molecule has 0 atom stereocenters. The minimum absolute atomic E-state index is 0.194. The van der Waals surface area contributed by atoms with Gasteiger partial charge in [-0.3, -0.25) is 4.79 Å². The van der Waals surface area contributed by atoms with Crippen molar-refractivity contribution in [3.05, 3.63) is 0 Å². The summed E-state index contributed by atoms with van der Waals surface area (Å²) in [5.41, 5.74) is 0. The van der Waals surface area contributed by atoms with Gasteiger partial charge >= 0.3 is 0 Å². The van der Waals surface area contributed by atoms with Crippen LogP contribution in [0.4, 0.5) is 0 Å². The second-order valence-electron chi connectivity index (χ2n) is 1.94. The van der Waals surface area contributed by atoms with Gasteiger partial charge in [0.25, 0.3) is 5.91 Å². The highest BCUT2D eigenvalue weighted by Crippen LogP contribution is 2.03. The summed E-state index contributed by atoms with van der Waals surface area (Å²) >= 11 is 48.5. The number of hydrogen-bond donors (Lipinski definition) is 0. The smallest absolute Gasteiger partial charge is 0.255 e.